The molecule has 1 aliphatic carbocycles. The molecule has 2 fully saturated rings. The number of carbonyl (C=O) groups is 1. The van der Waals surface area contributed by atoms with E-state index in [0.29, 0.717) is 13.1 Å². The van der Waals surface area contributed by atoms with Gasteiger partial charge in [0.05, 0.1) is 6.10 Å². The predicted octanol–water partition coefficient (Wildman–Crippen LogP) is 0.370. The Kier molecular flexibility index (Phi) is 2.71. The van der Waals surface area contributed by atoms with Crippen molar-refractivity contribution >= 4 is 15.8 Å². The van der Waals surface area contributed by atoms with Crippen molar-refractivity contribution in [1.82, 2.24) is 0 Å². The number of rotatable bonds is 2. The average molecular weight is 214 g/mol. The average Bonchev–Trinajstić information content (AvgIpc) is 2.44. The molecule has 0 spiro atoms. The Morgan fingerprint density at radius 1 is 1.71 bits per heavy atom. The third kappa shape index (κ3) is 1.62. The molecule has 0 aromatic carbocycles. The molecule has 0 amide bonds. The van der Waals surface area contributed by atoms with Gasteiger partial charge in [0.25, 0.3) is 6.47 Å². The fourth-order valence-corrected chi connectivity index (χ4v) is 3.45. The molecule has 2 aliphatic rings. The molecule has 0 radical (unpaired) electrons. The number of hydrogen-bond donors (Lipinski definition) is 0. The van der Waals surface area contributed by atoms with Gasteiger partial charge in [0.15, 0.2) is 0 Å². The molecule has 1 aliphatic heterocycles. The summed E-state index contributed by atoms with van der Waals surface area (Å²) in [6.45, 7) is 7.10. The van der Waals surface area contributed by atoms with Crippen LogP contribution in [0.3, 0.4) is 0 Å². The van der Waals surface area contributed by atoms with E-state index >= 15 is 0 Å². The van der Waals surface area contributed by atoms with Crippen LogP contribution in [0.1, 0.15) is 6.42 Å². The Balaban J connectivity index is 2.04. The highest BCUT2D eigenvalue weighted by Gasteiger charge is 2.43. The lowest BCUT2D eigenvalue weighted by atomic mass is 10.0. The molecule has 4 atom stereocenters. The lowest BCUT2D eigenvalue weighted by Crippen LogP contribution is -2.38. The smallest absolute Gasteiger partial charge is 0.318 e. The van der Waals surface area contributed by atoms with Crippen molar-refractivity contribution in [2.75, 3.05) is 6.61 Å². The van der Waals surface area contributed by atoms with Crippen molar-refractivity contribution in [3.05, 3.63) is 12.2 Å². The second kappa shape index (κ2) is 3.84. The molecule has 0 aromatic rings. The normalized spacial score (nSPS) is 41.9. The summed E-state index contributed by atoms with van der Waals surface area (Å²) < 4.78 is 16.2. The molecule has 5 heteroatoms. The zero-order valence-corrected chi connectivity index (χ0v) is 9.30. The van der Waals surface area contributed by atoms with Gasteiger partial charge in [-0.3, -0.25) is 4.79 Å². The SMILES string of the molecule is C=C1[C@H](OC=O)C[C@@H]2O[Si@@H](C)OC[C@@H]12. The highest BCUT2D eigenvalue weighted by Crippen LogP contribution is 2.37. The van der Waals surface area contributed by atoms with Crippen LogP contribution in [0, 0.1) is 5.92 Å². The molecular weight excluding hydrogens is 200 g/mol. The first-order valence-electron chi connectivity index (χ1n) is 4.77. The molecule has 1 heterocycles. The van der Waals surface area contributed by atoms with Crippen LogP contribution in [0.4, 0.5) is 0 Å². The van der Waals surface area contributed by atoms with Crippen molar-refractivity contribution < 1.29 is 18.4 Å². The maximum atomic E-state index is 10.2. The predicted molar refractivity (Wildman–Crippen MR) is 52.0 cm³/mol. The fourth-order valence-electron chi connectivity index (χ4n) is 2.10. The van der Waals surface area contributed by atoms with Crippen LogP contribution in [-0.4, -0.2) is 34.6 Å². The summed E-state index contributed by atoms with van der Waals surface area (Å²) in [6.07, 6.45) is 0.719. The molecule has 0 N–H and O–H groups in total. The van der Waals surface area contributed by atoms with Crippen LogP contribution in [0.5, 0.6) is 0 Å². The summed E-state index contributed by atoms with van der Waals surface area (Å²) in [5.41, 5.74) is 0.933. The third-order valence-corrected chi connectivity index (χ3v) is 4.28. The van der Waals surface area contributed by atoms with Gasteiger partial charge in [0.1, 0.15) is 6.10 Å². The molecule has 1 saturated heterocycles. The molecule has 0 unspecified atom stereocenters. The lowest BCUT2D eigenvalue weighted by Gasteiger charge is -2.30. The number of hydrogen-bond acceptors (Lipinski definition) is 4. The first-order valence-corrected chi connectivity index (χ1v) is 6.87. The lowest BCUT2D eigenvalue weighted by molar-refractivity contribution is -0.132. The minimum atomic E-state index is -1.43. The molecule has 14 heavy (non-hydrogen) atoms. The second-order valence-corrected chi connectivity index (χ2v) is 5.45. The maximum absolute atomic E-state index is 10.2. The topological polar surface area (TPSA) is 44.8 Å². The van der Waals surface area contributed by atoms with E-state index in [4.69, 9.17) is 13.6 Å². The van der Waals surface area contributed by atoms with E-state index in [9.17, 15) is 4.79 Å². The van der Waals surface area contributed by atoms with Gasteiger partial charge in [-0.2, -0.15) is 0 Å². The Labute approximate surface area is 84.7 Å². The van der Waals surface area contributed by atoms with Crippen molar-refractivity contribution in [2.45, 2.75) is 25.2 Å². The van der Waals surface area contributed by atoms with E-state index in [0.717, 1.165) is 12.0 Å². The Morgan fingerprint density at radius 3 is 3.21 bits per heavy atom. The van der Waals surface area contributed by atoms with E-state index in [1.54, 1.807) is 0 Å². The van der Waals surface area contributed by atoms with Gasteiger partial charge in [-0.1, -0.05) is 6.58 Å². The van der Waals surface area contributed by atoms with Gasteiger partial charge >= 0.3 is 9.28 Å². The van der Waals surface area contributed by atoms with E-state index in [-0.39, 0.29) is 18.1 Å². The van der Waals surface area contributed by atoms with E-state index in [1.165, 1.54) is 0 Å². The first kappa shape index (κ1) is 9.89. The summed E-state index contributed by atoms with van der Waals surface area (Å²) in [6, 6.07) is 0. The number of carbonyl (C=O) groups excluding carboxylic acids is 1. The first-order chi connectivity index (χ1) is 6.72. The van der Waals surface area contributed by atoms with Crippen molar-refractivity contribution in [3.8, 4) is 0 Å². The molecule has 2 rings (SSSR count). The van der Waals surface area contributed by atoms with Gasteiger partial charge in [0.2, 0.25) is 0 Å². The summed E-state index contributed by atoms with van der Waals surface area (Å²) in [7, 11) is -1.43. The molecule has 4 nitrogen and oxygen atoms in total. The zero-order valence-electron chi connectivity index (χ0n) is 8.14. The molecular formula is C9H14O4Si. The maximum Gasteiger partial charge on any atom is 0.318 e. The van der Waals surface area contributed by atoms with Crippen molar-refractivity contribution in [3.63, 3.8) is 0 Å². The van der Waals surface area contributed by atoms with Crippen LogP contribution in [-0.2, 0) is 18.4 Å². The molecule has 0 aromatic heterocycles. The fraction of sp³-hybridized carbons (Fsp3) is 0.667. The van der Waals surface area contributed by atoms with Crippen LogP contribution in [0.25, 0.3) is 0 Å². The van der Waals surface area contributed by atoms with E-state index in [2.05, 4.69) is 6.58 Å². The second-order valence-electron chi connectivity index (χ2n) is 3.71. The largest absolute Gasteiger partial charge is 0.460 e. The van der Waals surface area contributed by atoms with Crippen LogP contribution in [0.15, 0.2) is 12.2 Å². The highest BCUT2D eigenvalue weighted by atomic mass is 28.3. The minimum absolute atomic E-state index is 0.155. The molecule has 78 valence electrons. The summed E-state index contributed by atoms with van der Waals surface area (Å²) >= 11 is 0. The Hall–Kier alpha value is -0.653. The highest BCUT2D eigenvalue weighted by molar-refractivity contribution is 6.42. The van der Waals surface area contributed by atoms with E-state index < -0.39 is 9.28 Å². The quantitative estimate of drug-likeness (QED) is 0.378. The summed E-state index contributed by atoms with van der Waals surface area (Å²) in [5.74, 6) is 0.212. The van der Waals surface area contributed by atoms with E-state index in [1.807, 2.05) is 6.55 Å². The van der Waals surface area contributed by atoms with Gasteiger partial charge < -0.3 is 13.6 Å². The zero-order chi connectivity index (χ0) is 10.1. The van der Waals surface area contributed by atoms with Crippen LogP contribution < -0.4 is 0 Å². The standard InChI is InChI=1S/C9H14O4Si/c1-6-7-4-12-14(2)13-9(7)3-8(6)11-5-10/h5,7-9,14H,1,3-4H2,2H3/t7-,8+,9-,14-/m0/s1. The van der Waals surface area contributed by atoms with Crippen molar-refractivity contribution in [2.24, 2.45) is 5.92 Å². The summed E-state index contributed by atoms with van der Waals surface area (Å²) in [4.78, 5) is 10.2. The van der Waals surface area contributed by atoms with Gasteiger partial charge in [-0.15, -0.1) is 0 Å². The van der Waals surface area contributed by atoms with Crippen LogP contribution in [0.2, 0.25) is 6.55 Å². The summed E-state index contributed by atoms with van der Waals surface area (Å²) in [5, 5.41) is 0. The molecule has 0 bridgehead atoms. The molecule has 1 saturated carbocycles. The number of ether oxygens (including phenoxy) is 1. The monoisotopic (exact) mass is 214 g/mol. The number of fused-ring (bicyclic) bond motifs is 1. The van der Waals surface area contributed by atoms with Gasteiger partial charge in [-0.25, -0.2) is 0 Å². The Morgan fingerprint density at radius 2 is 2.50 bits per heavy atom. The third-order valence-electron chi connectivity index (χ3n) is 2.88. The van der Waals surface area contributed by atoms with Crippen LogP contribution >= 0.6 is 0 Å². The van der Waals surface area contributed by atoms with Gasteiger partial charge in [-0.05, 0) is 12.1 Å². The van der Waals surface area contributed by atoms with Gasteiger partial charge in [0, 0.05) is 18.9 Å². The van der Waals surface area contributed by atoms with Crippen molar-refractivity contribution in [1.29, 1.82) is 0 Å². The Bertz CT molecular complexity index is 255. The minimum Gasteiger partial charge on any atom is -0.460 e.